The van der Waals surface area contributed by atoms with Crippen molar-refractivity contribution < 1.29 is 33.0 Å². The van der Waals surface area contributed by atoms with Gasteiger partial charge in [0.05, 0.1) is 5.69 Å². The van der Waals surface area contributed by atoms with E-state index in [4.69, 9.17) is 10.2 Å². The molecular formula is C14H14F3NO4. The minimum atomic E-state index is -1.71. The summed E-state index contributed by atoms with van der Waals surface area (Å²) in [5.74, 6) is -8.02. The van der Waals surface area contributed by atoms with Gasteiger partial charge in [-0.15, -0.1) is 0 Å². The minimum Gasteiger partial charge on any atom is -0.477 e. The summed E-state index contributed by atoms with van der Waals surface area (Å²) in [5.41, 5.74) is -1.60. The van der Waals surface area contributed by atoms with Crippen LogP contribution in [0.3, 0.4) is 0 Å². The Kier molecular flexibility index (Phi) is 5.56. The van der Waals surface area contributed by atoms with Crippen LogP contribution >= 0.6 is 0 Å². The molecule has 0 aliphatic carbocycles. The van der Waals surface area contributed by atoms with Crippen LogP contribution in [0.15, 0.2) is 23.4 Å². The molecule has 0 fully saturated rings. The van der Waals surface area contributed by atoms with E-state index in [2.05, 4.69) is 0 Å². The lowest BCUT2D eigenvalue weighted by atomic mass is 10.1. The Morgan fingerprint density at radius 2 is 1.59 bits per heavy atom. The first-order valence-electron chi connectivity index (χ1n) is 6.36. The highest BCUT2D eigenvalue weighted by Crippen LogP contribution is 2.29. The summed E-state index contributed by atoms with van der Waals surface area (Å²) < 4.78 is 40.2. The summed E-state index contributed by atoms with van der Waals surface area (Å²) in [5, 5.41) is 18.0. The highest BCUT2D eigenvalue weighted by Gasteiger charge is 2.27. The van der Waals surface area contributed by atoms with E-state index in [-0.39, 0.29) is 18.7 Å². The van der Waals surface area contributed by atoms with Crippen molar-refractivity contribution >= 4 is 17.6 Å². The molecule has 0 radical (unpaired) electrons. The molecule has 0 heterocycles. The number of hydrogen-bond acceptors (Lipinski definition) is 3. The first-order valence-corrected chi connectivity index (χ1v) is 6.36. The minimum absolute atomic E-state index is 0.0325. The third-order valence-corrected chi connectivity index (χ3v) is 3.00. The topological polar surface area (TPSA) is 77.8 Å². The second-order valence-electron chi connectivity index (χ2n) is 4.22. The van der Waals surface area contributed by atoms with Gasteiger partial charge in [0.15, 0.2) is 23.0 Å². The number of rotatable bonds is 6. The smallest absolute Gasteiger partial charge is 0.344 e. The molecule has 1 aromatic carbocycles. The zero-order chi connectivity index (χ0) is 17.0. The quantitative estimate of drug-likeness (QED) is 0.365. The maximum absolute atomic E-state index is 13.9. The van der Waals surface area contributed by atoms with Gasteiger partial charge in [-0.25, -0.2) is 22.8 Å². The molecule has 1 rings (SSSR count). The molecule has 120 valence electrons. The molecule has 0 unspecified atom stereocenters. The van der Waals surface area contributed by atoms with E-state index < -0.39 is 40.7 Å². The van der Waals surface area contributed by atoms with Gasteiger partial charge in [0.2, 0.25) is 0 Å². The van der Waals surface area contributed by atoms with E-state index in [9.17, 15) is 22.8 Å². The van der Waals surface area contributed by atoms with Crippen molar-refractivity contribution in [2.75, 3.05) is 11.4 Å². The Labute approximate surface area is 124 Å². The first-order chi connectivity index (χ1) is 10.3. The standard InChI is InChI=1S/C14H14F3NO4/c1-3-8(10(13(19)20)14(21)22)18(4-2)9-6-5-7(15)11(16)12(9)17/h5-6H,3-4H2,1-2H3,(H,19,20)(H,21,22). The zero-order valence-electron chi connectivity index (χ0n) is 11.9. The Bertz CT molecular complexity index is 627. The summed E-state index contributed by atoms with van der Waals surface area (Å²) in [6.07, 6.45) is -0.0553. The SMILES string of the molecule is CCC(=C(C(=O)O)C(=O)O)N(CC)c1ccc(F)c(F)c1F. The Hall–Kier alpha value is -2.51. The van der Waals surface area contributed by atoms with Crippen LogP contribution in [0.25, 0.3) is 0 Å². The van der Waals surface area contributed by atoms with Crippen molar-refractivity contribution in [2.24, 2.45) is 0 Å². The average molecular weight is 317 g/mol. The molecule has 5 nitrogen and oxygen atoms in total. The molecule has 0 spiro atoms. The van der Waals surface area contributed by atoms with Gasteiger partial charge >= 0.3 is 11.9 Å². The number of nitrogens with zero attached hydrogens (tertiary/aromatic N) is 1. The van der Waals surface area contributed by atoms with Crippen molar-refractivity contribution in [3.8, 4) is 0 Å². The number of benzene rings is 1. The fourth-order valence-corrected chi connectivity index (χ4v) is 2.07. The van der Waals surface area contributed by atoms with E-state index in [1.54, 1.807) is 0 Å². The largest absolute Gasteiger partial charge is 0.477 e. The molecule has 8 heteroatoms. The molecule has 0 saturated carbocycles. The molecule has 0 aliphatic heterocycles. The molecule has 1 aromatic rings. The van der Waals surface area contributed by atoms with Gasteiger partial charge in [-0.05, 0) is 25.5 Å². The molecule has 0 saturated heterocycles. The van der Waals surface area contributed by atoms with Crippen molar-refractivity contribution in [1.29, 1.82) is 0 Å². The number of anilines is 1. The zero-order valence-corrected chi connectivity index (χ0v) is 11.9. The second kappa shape index (κ2) is 6.97. The summed E-state index contributed by atoms with van der Waals surface area (Å²) in [7, 11) is 0. The number of allylic oxidation sites excluding steroid dienone is 1. The second-order valence-corrected chi connectivity index (χ2v) is 4.22. The Morgan fingerprint density at radius 1 is 1.05 bits per heavy atom. The molecule has 0 amide bonds. The monoisotopic (exact) mass is 317 g/mol. The lowest BCUT2D eigenvalue weighted by Gasteiger charge is -2.27. The summed E-state index contributed by atoms with van der Waals surface area (Å²) in [6.45, 7) is 2.94. The van der Waals surface area contributed by atoms with Crippen LogP contribution in [0.5, 0.6) is 0 Å². The Morgan fingerprint density at radius 3 is 2.00 bits per heavy atom. The summed E-state index contributed by atoms with van der Waals surface area (Å²) >= 11 is 0. The summed E-state index contributed by atoms with van der Waals surface area (Å²) in [4.78, 5) is 23.2. The van der Waals surface area contributed by atoms with Gasteiger partial charge < -0.3 is 15.1 Å². The molecule has 0 atom stereocenters. The van der Waals surface area contributed by atoms with E-state index >= 15 is 0 Å². The predicted octanol–water partition coefficient (Wildman–Crippen LogP) is 2.76. The number of hydrogen-bond donors (Lipinski definition) is 2. The van der Waals surface area contributed by atoms with Gasteiger partial charge in [0, 0.05) is 12.2 Å². The van der Waals surface area contributed by atoms with E-state index in [0.29, 0.717) is 6.07 Å². The van der Waals surface area contributed by atoms with Gasteiger partial charge in [0.25, 0.3) is 0 Å². The van der Waals surface area contributed by atoms with Crippen molar-refractivity contribution in [2.45, 2.75) is 20.3 Å². The Balaban J connectivity index is 3.59. The number of halogens is 3. The molecule has 0 aliphatic rings. The van der Waals surface area contributed by atoms with Crippen LogP contribution in [0.4, 0.5) is 18.9 Å². The number of carbonyl (C=O) groups is 2. The summed E-state index contributed by atoms with van der Waals surface area (Å²) in [6, 6.07) is 1.61. The van der Waals surface area contributed by atoms with Crippen LogP contribution in [-0.2, 0) is 9.59 Å². The maximum atomic E-state index is 13.9. The van der Waals surface area contributed by atoms with Crippen molar-refractivity contribution in [3.05, 3.63) is 40.9 Å². The number of aliphatic carboxylic acids is 2. The lowest BCUT2D eigenvalue weighted by Crippen LogP contribution is -2.29. The van der Waals surface area contributed by atoms with Gasteiger partial charge in [-0.1, -0.05) is 6.92 Å². The van der Waals surface area contributed by atoms with E-state index in [1.165, 1.54) is 13.8 Å². The first kappa shape index (κ1) is 17.5. The highest BCUT2D eigenvalue weighted by atomic mass is 19.2. The third-order valence-electron chi connectivity index (χ3n) is 3.00. The van der Waals surface area contributed by atoms with Gasteiger partial charge in [0.1, 0.15) is 0 Å². The fourth-order valence-electron chi connectivity index (χ4n) is 2.07. The molecule has 0 aromatic heterocycles. The fraction of sp³-hybridized carbons (Fsp3) is 0.286. The van der Waals surface area contributed by atoms with E-state index in [0.717, 1.165) is 11.0 Å². The van der Waals surface area contributed by atoms with Crippen LogP contribution in [0.1, 0.15) is 20.3 Å². The predicted molar refractivity (Wildman–Crippen MR) is 71.9 cm³/mol. The van der Waals surface area contributed by atoms with Crippen molar-refractivity contribution in [1.82, 2.24) is 0 Å². The highest BCUT2D eigenvalue weighted by molar-refractivity contribution is 6.13. The number of carboxylic acid groups (broad SMARTS) is 2. The molecule has 22 heavy (non-hydrogen) atoms. The van der Waals surface area contributed by atoms with Crippen LogP contribution in [-0.4, -0.2) is 28.7 Å². The lowest BCUT2D eigenvalue weighted by molar-refractivity contribution is -0.140. The van der Waals surface area contributed by atoms with Crippen LogP contribution in [0, 0.1) is 17.5 Å². The molecule has 0 bridgehead atoms. The normalized spacial score (nSPS) is 10.2. The number of carboxylic acids is 2. The van der Waals surface area contributed by atoms with Gasteiger partial charge in [-0.3, -0.25) is 0 Å². The van der Waals surface area contributed by atoms with Crippen molar-refractivity contribution in [3.63, 3.8) is 0 Å². The third kappa shape index (κ3) is 3.21. The van der Waals surface area contributed by atoms with Gasteiger partial charge in [-0.2, -0.15) is 0 Å². The molecule has 2 N–H and O–H groups in total. The van der Waals surface area contributed by atoms with Crippen LogP contribution < -0.4 is 4.90 Å². The van der Waals surface area contributed by atoms with Crippen LogP contribution in [0.2, 0.25) is 0 Å². The maximum Gasteiger partial charge on any atom is 0.344 e. The molecular weight excluding hydrogens is 303 g/mol. The average Bonchev–Trinajstić information content (AvgIpc) is 2.45. The van der Waals surface area contributed by atoms with E-state index in [1.807, 2.05) is 0 Å².